The van der Waals surface area contributed by atoms with Crippen LogP contribution in [0.4, 0.5) is 0 Å². The van der Waals surface area contributed by atoms with Crippen LogP contribution in [0.5, 0.6) is 0 Å². The molecule has 0 spiro atoms. The summed E-state index contributed by atoms with van der Waals surface area (Å²) in [6, 6.07) is 0.233. The number of hydrogen-bond donors (Lipinski definition) is 1. The highest BCUT2D eigenvalue weighted by Crippen LogP contribution is 2.08. The number of nitrogens with one attached hydrogen (secondary N) is 1. The Morgan fingerprint density at radius 2 is 2.06 bits per heavy atom. The van der Waals surface area contributed by atoms with Gasteiger partial charge in [0.1, 0.15) is 0 Å². The van der Waals surface area contributed by atoms with Crippen LogP contribution >= 0.6 is 0 Å². The van der Waals surface area contributed by atoms with Gasteiger partial charge in [0.2, 0.25) is 0 Å². The predicted octanol–water partition coefficient (Wildman–Crippen LogP) is 1.92. The maximum absolute atomic E-state index is 4.09. The van der Waals surface area contributed by atoms with Crippen molar-refractivity contribution in [2.24, 2.45) is 0 Å². The van der Waals surface area contributed by atoms with Crippen LogP contribution < -0.4 is 5.32 Å². The lowest BCUT2D eigenvalue weighted by molar-refractivity contribution is 0.469. The maximum atomic E-state index is 4.09. The molecule has 0 saturated heterocycles. The van der Waals surface area contributed by atoms with E-state index in [4.69, 9.17) is 0 Å². The third-order valence-electron chi connectivity index (χ3n) is 2.62. The van der Waals surface area contributed by atoms with Crippen LogP contribution in [0.15, 0.2) is 0 Å². The summed E-state index contributed by atoms with van der Waals surface area (Å²) in [4.78, 5) is 0. The van der Waals surface area contributed by atoms with Crippen molar-refractivity contribution in [1.82, 2.24) is 25.5 Å². The summed E-state index contributed by atoms with van der Waals surface area (Å²) < 4.78 is 1.92. The standard InChI is InChI=1S/C11H23N5/c1-4-6-7-9-16-11(13-14-15-16)10(3)12-8-5-2/h10,12H,4-9H2,1-3H3. The molecular formula is C11H23N5. The fourth-order valence-electron chi connectivity index (χ4n) is 1.64. The monoisotopic (exact) mass is 225 g/mol. The molecule has 92 valence electrons. The van der Waals surface area contributed by atoms with Gasteiger partial charge in [0, 0.05) is 6.54 Å². The Kier molecular flexibility index (Phi) is 6.00. The molecule has 1 rings (SSSR count). The topological polar surface area (TPSA) is 55.6 Å². The van der Waals surface area contributed by atoms with Crippen molar-refractivity contribution in [3.05, 3.63) is 5.82 Å². The van der Waals surface area contributed by atoms with Crippen molar-refractivity contribution in [3.63, 3.8) is 0 Å². The first-order valence-corrected chi connectivity index (χ1v) is 6.29. The molecule has 1 aromatic rings. The number of aromatic nitrogens is 4. The van der Waals surface area contributed by atoms with E-state index in [9.17, 15) is 0 Å². The van der Waals surface area contributed by atoms with E-state index in [-0.39, 0.29) is 6.04 Å². The summed E-state index contributed by atoms with van der Waals surface area (Å²) in [5.74, 6) is 0.949. The summed E-state index contributed by atoms with van der Waals surface area (Å²) >= 11 is 0. The van der Waals surface area contributed by atoms with Crippen LogP contribution in [0, 0.1) is 0 Å². The molecule has 0 fully saturated rings. The van der Waals surface area contributed by atoms with Gasteiger partial charge in [-0.25, -0.2) is 4.68 Å². The van der Waals surface area contributed by atoms with Crippen molar-refractivity contribution in [2.75, 3.05) is 6.54 Å². The lowest BCUT2D eigenvalue weighted by Crippen LogP contribution is -2.23. The Hall–Kier alpha value is -0.970. The van der Waals surface area contributed by atoms with E-state index in [1.165, 1.54) is 12.8 Å². The molecule has 0 amide bonds. The van der Waals surface area contributed by atoms with Crippen LogP contribution in [0.2, 0.25) is 0 Å². The molecule has 16 heavy (non-hydrogen) atoms. The maximum Gasteiger partial charge on any atom is 0.167 e. The van der Waals surface area contributed by atoms with E-state index in [0.29, 0.717) is 0 Å². The highest BCUT2D eigenvalue weighted by molar-refractivity contribution is 4.89. The lowest BCUT2D eigenvalue weighted by atomic mass is 10.2. The van der Waals surface area contributed by atoms with Crippen LogP contribution in [0.25, 0.3) is 0 Å². The Balaban J connectivity index is 2.48. The van der Waals surface area contributed by atoms with Crippen molar-refractivity contribution in [3.8, 4) is 0 Å². The first kappa shape index (κ1) is 13.1. The molecule has 0 radical (unpaired) electrons. The molecule has 1 heterocycles. The summed E-state index contributed by atoms with van der Waals surface area (Å²) in [5.41, 5.74) is 0. The van der Waals surface area contributed by atoms with Gasteiger partial charge >= 0.3 is 0 Å². The van der Waals surface area contributed by atoms with Gasteiger partial charge in [-0.2, -0.15) is 0 Å². The third kappa shape index (κ3) is 3.89. The van der Waals surface area contributed by atoms with Gasteiger partial charge in [-0.1, -0.05) is 26.7 Å². The zero-order valence-corrected chi connectivity index (χ0v) is 10.6. The third-order valence-corrected chi connectivity index (χ3v) is 2.62. The van der Waals surface area contributed by atoms with Crippen molar-refractivity contribution >= 4 is 0 Å². The second-order valence-corrected chi connectivity index (χ2v) is 4.14. The summed E-state index contributed by atoms with van der Waals surface area (Å²) in [5, 5.41) is 15.3. The summed E-state index contributed by atoms with van der Waals surface area (Å²) in [6.07, 6.45) is 4.73. The number of hydrogen-bond acceptors (Lipinski definition) is 4. The van der Waals surface area contributed by atoms with Crippen LogP contribution in [-0.2, 0) is 6.54 Å². The van der Waals surface area contributed by atoms with Gasteiger partial charge in [-0.15, -0.1) is 5.10 Å². The van der Waals surface area contributed by atoms with E-state index >= 15 is 0 Å². The minimum Gasteiger partial charge on any atom is -0.307 e. The molecule has 5 heteroatoms. The first-order chi connectivity index (χ1) is 7.79. The fraction of sp³-hybridized carbons (Fsp3) is 0.909. The molecule has 0 saturated carbocycles. The largest absolute Gasteiger partial charge is 0.307 e. The average molecular weight is 225 g/mol. The molecule has 0 aliphatic rings. The zero-order chi connectivity index (χ0) is 11.8. The molecule has 1 atom stereocenters. The van der Waals surface area contributed by atoms with E-state index in [0.717, 1.165) is 31.8 Å². The zero-order valence-electron chi connectivity index (χ0n) is 10.6. The van der Waals surface area contributed by atoms with E-state index in [1.807, 2.05) is 4.68 Å². The quantitative estimate of drug-likeness (QED) is 0.687. The van der Waals surface area contributed by atoms with E-state index in [1.54, 1.807) is 0 Å². The minimum absolute atomic E-state index is 0.233. The first-order valence-electron chi connectivity index (χ1n) is 6.29. The molecule has 1 aromatic heterocycles. The lowest BCUT2D eigenvalue weighted by Gasteiger charge is -2.12. The summed E-state index contributed by atoms with van der Waals surface area (Å²) in [6.45, 7) is 8.39. The number of unbranched alkanes of at least 4 members (excludes halogenated alkanes) is 2. The number of aryl methyl sites for hydroxylation is 1. The second-order valence-electron chi connectivity index (χ2n) is 4.14. The number of tetrazole rings is 1. The van der Waals surface area contributed by atoms with Crippen molar-refractivity contribution in [1.29, 1.82) is 0 Å². The van der Waals surface area contributed by atoms with Gasteiger partial charge in [0.25, 0.3) is 0 Å². The van der Waals surface area contributed by atoms with Gasteiger partial charge in [-0.3, -0.25) is 0 Å². The smallest absolute Gasteiger partial charge is 0.167 e. The van der Waals surface area contributed by atoms with Gasteiger partial charge < -0.3 is 5.32 Å². The SMILES string of the molecule is CCCCCn1nnnc1C(C)NCCC. The molecule has 5 nitrogen and oxygen atoms in total. The molecule has 0 aliphatic heterocycles. The van der Waals surface area contributed by atoms with Crippen molar-refractivity contribution in [2.45, 2.75) is 59.0 Å². The average Bonchev–Trinajstić information content (AvgIpc) is 2.74. The Labute approximate surface area is 97.6 Å². The normalized spacial score (nSPS) is 12.9. The molecule has 1 N–H and O–H groups in total. The van der Waals surface area contributed by atoms with Crippen LogP contribution in [0.3, 0.4) is 0 Å². The number of nitrogens with zero attached hydrogens (tertiary/aromatic N) is 4. The second kappa shape index (κ2) is 7.33. The molecule has 0 bridgehead atoms. The fourth-order valence-corrected chi connectivity index (χ4v) is 1.64. The van der Waals surface area contributed by atoms with E-state index in [2.05, 4.69) is 41.6 Å². The van der Waals surface area contributed by atoms with Crippen LogP contribution in [0.1, 0.15) is 58.3 Å². The van der Waals surface area contributed by atoms with Gasteiger partial charge in [0.15, 0.2) is 5.82 Å². The van der Waals surface area contributed by atoms with Gasteiger partial charge in [-0.05, 0) is 36.7 Å². The Bertz CT molecular complexity index is 284. The Morgan fingerprint density at radius 1 is 1.25 bits per heavy atom. The molecular weight excluding hydrogens is 202 g/mol. The molecule has 0 aromatic carbocycles. The number of rotatable bonds is 8. The van der Waals surface area contributed by atoms with Crippen LogP contribution in [-0.4, -0.2) is 26.8 Å². The van der Waals surface area contributed by atoms with Gasteiger partial charge in [0.05, 0.1) is 6.04 Å². The van der Waals surface area contributed by atoms with Crippen molar-refractivity contribution < 1.29 is 0 Å². The van der Waals surface area contributed by atoms with E-state index < -0.39 is 0 Å². The Morgan fingerprint density at radius 3 is 2.75 bits per heavy atom. The molecule has 0 aliphatic carbocycles. The minimum atomic E-state index is 0.233. The summed E-state index contributed by atoms with van der Waals surface area (Å²) in [7, 11) is 0. The highest BCUT2D eigenvalue weighted by Gasteiger charge is 2.12. The predicted molar refractivity (Wildman–Crippen MR) is 64.1 cm³/mol. The highest BCUT2D eigenvalue weighted by atomic mass is 15.5. The molecule has 1 unspecified atom stereocenters.